The zero-order valence-corrected chi connectivity index (χ0v) is 11.9. The van der Waals surface area contributed by atoms with Crippen molar-refractivity contribution in [2.24, 2.45) is 0 Å². The molecule has 1 heterocycles. The van der Waals surface area contributed by atoms with Gasteiger partial charge in [-0.05, 0) is 25.5 Å². The van der Waals surface area contributed by atoms with E-state index in [-0.39, 0.29) is 24.1 Å². The van der Waals surface area contributed by atoms with E-state index in [9.17, 15) is 9.59 Å². The highest BCUT2D eigenvalue weighted by Crippen LogP contribution is 2.05. The fourth-order valence-electron chi connectivity index (χ4n) is 1.77. The first-order valence-electron chi connectivity index (χ1n) is 6.66. The number of nitrogens with zero attached hydrogens (tertiary/aromatic N) is 2. The Morgan fingerprint density at radius 3 is 2.58 bits per heavy atom. The number of likely N-dealkylation sites (N-methyl/N-ethyl adjacent to an activating group) is 2. The number of unbranched alkanes of at least 4 members (excludes halogenated alkanes) is 1. The molecule has 0 N–H and O–H groups in total. The van der Waals surface area contributed by atoms with Crippen LogP contribution < -0.4 is 0 Å². The molecule has 19 heavy (non-hydrogen) atoms. The first-order chi connectivity index (χ1) is 9.10. The standard InChI is InChI=1S/C14H22N2O3/c1-4-6-9-16(5-2)13(17)11-15(3)14(18)12-8-7-10-19-12/h7-8,10H,4-6,9,11H2,1-3H3. The summed E-state index contributed by atoms with van der Waals surface area (Å²) in [5, 5.41) is 0. The van der Waals surface area contributed by atoms with E-state index in [0.717, 1.165) is 19.4 Å². The van der Waals surface area contributed by atoms with Crippen LogP contribution >= 0.6 is 0 Å². The Bertz CT molecular complexity index is 401. The van der Waals surface area contributed by atoms with Crippen LogP contribution in [-0.4, -0.2) is 48.3 Å². The summed E-state index contributed by atoms with van der Waals surface area (Å²) in [6.07, 6.45) is 3.48. The highest BCUT2D eigenvalue weighted by atomic mass is 16.3. The lowest BCUT2D eigenvalue weighted by Crippen LogP contribution is -2.41. The molecule has 0 aliphatic carbocycles. The Balaban J connectivity index is 2.53. The van der Waals surface area contributed by atoms with Gasteiger partial charge in [-0.3, -0.25) is 9.59 Å². The third kappa shape index (κ3) is 4.43. The van der Waals surface area contributed by atoms with Gasteiger partial charge >= 0.3 is 0 Å². The molecule has 1 aromatic rings. The fraction of sp³-hybridized carbons (Fsp3) is 0.571. The van der Waals surface area contributed by atoms with Crippen molar-refractivity contribution in [2.75, 3.05) is 26.7 Å². The van der Waals surface area contributed by atoms with E-state index in [1.54, 1.807) is 24.1 Å². The predicted molar refractivity (Wildman–Crippen MR) is 72.8 cm³/mol. The van der Waals surface area contributed by atoms with E-state index in [1.807, 2.05) is 6.92 Å². The molecule has 1 rings (SSSR count). The average molecular weight is 266 g/mol. The van der Waals surface area contributed by atoms with E-state index in [2.05, 4.69) is 6.92 Å². The van der Waals surface area contributed by atoms with Crippen molar-refractivity contribution in [1.29, 1.82) is 0 Å². The molecule has 0 aliphatic heterocycles. The number of rotatable bonds is 7. The monoisotopic (exact) mass is 266 g/mol. The van der Waals surface area contributed by atoms with Gasteiger partial charge in [0.05, 0.1) is 12.8 Å². The molecule has 0 aliphatic rings. The van der Waals surface area contributed by atoms with Crippen LogP contribution in [0.25, 0.3) is 0 Å². The summed E-state index contributed by atoms with van der Waals surface area (Å²) >= 11 is 0. The van der Waals surface area contributed by atoms with Crippen LogP contribution in [0.3, 0.4) is 0 Å². The van der Waals surface area contributed by atoms with Gasteiger partial charge in [0.1, 0.15) is 0 Å². The van der Waals surface area contributed by atoms with Crippen molar-refractivity contribution >= 4 is 11.8 Å². The van der Waals surface area contributed by atoms with Gasteiger partial charge in [-0.2, -0.15) is 0 Å². The quantitative estimate of drug-likeness (QED) is 0.758. The molecule has 106 valence electrons. The molecule has 0 saturated carbocycles. The minimum Gasteiger partial charge on any atom is -0.459 e. The maximum atomic E-state index is 12.1. The van der Waals surface area contributed by atoms with Gasteiger partial charge in [0.2, 0.25) is 5.91 Å². The third-order valence-corrected chi connectivity index (χ3v) is 2.97. The lowest BCUT2D eigenvalue weighted by atomic mass is 10.3. The van der Waals surface area contributed by atoms with Crippen molar-refractivity contribution in [2.45, 2.75) is 26.7 Å². The molecule has 2 amide bonds. The highest BCUT2D eigenvalue weighted by Gasteiger charge is 2.19. The lowest BCUT2D eigenvalue weighted by Gasteiger charge is -2.23. The summed E-state index contributed by atoms with van der Waals surface area (Å²) in [5.74, 6) is -0.0462. The van der Waals surface area contributed by atoms with E-state index >= 15 is 0 Å². The van der Waals surface area contributed by atoms with Gasteiger partial charge in [0, 0.05) is 20.1 Å². The minimum atomic E-state index is -0.273. The first-order valence-corrected chi connectivity index (χ1v) is 6.66. The van der Waals surface area contributed by atoms with Crippen molar-refractivity contribution < 1.29 is 14.0 Å². The Morgan fingerprint density at radius 1 is 1.32 bits per heavy atom. The molecule has 5 heteroatoms. The topological polar surface area (TPSA) is 53.8 Å². The second kappa shape index (κ2) is 7.61. The van der Waals surface area contributed by atoms with Crippen molar-refractivity contribution in [3.63, 3.8) is 0 Å². The lowest BCUT2D eigenvalue weighted by molar-refractivity contribution is -0.131. The van der Waals surface area contributed by atoms with Crippen molar-refractivity contribution in [3.8, 4) is 0 Å². The largest absolute Gasteiger partial charge is 0.459 e. The van der Waals surface area contributed by atoms with Crippen LogP contribution in [0.4, 0.5) is 0 Å². The van der Waals surface area contributed by atoms with Crippen LogP contribution in [0, 0.1) is 0 Å². The van der Waals surface area contributed by atoms with Gasteiger partial charge < -0.3 is 14.2 Å². The van der Waals surface area contributed by atoms with E-state index in [4.69, 9.17) is 4.42 Å². The summed E-state index contributed by atoms with van der Waals surface area (Å²) in [6, 6.07) is 3.25. The molecule has 1 aromatic heterocycles. The molecule has 5 nitrogen and oxygen atoms in total. The SMILES string of the molecule is CCCCN(CC)C(=O)CN(C)C(=O)c1ccco1. The number of amides is 2. The normalized spacial score (nSPS) is 10.3. The van der Waals surface area contributed by atoms with Gasteiger partial charge in [-0.25, -0.2) is 0 Å². The number of hydrogen-bond acceptors (Lipinski definition) is 3. The Kier molecular flexibility index (Phi) is 6.12. The molecule has 0 fully saturated rings. The molecule has 0 unspecified atom stereocenters. The Labute approximate surface area is 114 Å². The van der Waals surface area contributed by atoms with Crippen LogP contribution in [0.5, 0.6) is 0 Å². The summed E-state index contributed by atoms with van der Waals surface area (Å²) in [7, 11) is 1.61. The van der Waals surface area contributed by atoms with Crippen LogP contribution in [0.1, 0.15) is 37.2 Å². The minimum absolute atomic E-state index is 0.0293. The molecular weight excluding hydrogens is 244 g/mol. The van der Waals surface area contributed by atoms with Gasteiger partial charge in [-0.1, -0.05) is 13.3 Å². The molecular formula is C14H22N2O3. The van der Waals surface area contributed by atoms with Gasteiger partial charge in [-0.15, -0.1) is 0 Å². The summed E-state index contributed by atoms with van der Waals surface area (Å²) in [4.78, 5) is 27.2. The number of hydrogen-bond donors (Lipinski definition) is 0. The summed E-state index contributed by atoms with van der Waals surface area (Å²) in [6.45, 7) is 5.53. The predicted octanol–water partition coefficient (Wildman–Crippen LogP) is 2.00. The average Bonchev–Trinajstić information content (AvgIpc) is 2.92. The Hall–Kier alpha value is -1.78. The highest BCUT2D eigenvalue weighted by molar-refractivity contribution is 5.94. The Morgan fingerprint density at radius 2 is 2.05 bits per heavy atom. The second-order valence-corrected chi connectivity index (χ2v) is 4.47. The van der Waals surface area contributed by atoms with E-state index in [1.165, 1.54) is 11.2 Å². The molecule has 0 atom stereocenters. The fourth-order valence-corrected chi connectivity index (χ4v) is 1.77. The zero-order valence-electron chi connectivity index (χ0n) is 11.9. The van der Waals surface area contributed by atoms with Crippen molar-refractivity contribution in [3.05, 3.63) is 24.2 Å². The van der Waals surface area contributed by atoms with Crippen LogP contribution in [0.15, 0.2) is 22.8 Å². The van der Waals surface area contributed by atoms with Crippen LogP contribution in [0.2, 0.25) is 0 Å². The first kappa shape index (κ1) is 15.3. The number of carbonyl (C=O) groups excluding carboxylic acids is 2. The van der Waals surface area contributed by atoms with E-state index < -0.39 is 0 Å². The smallest absolute Gasteiger partial charge is 0.289 e. The maximum absolute atomic E-state index is 12.1. The molecule has 0 saturated heterocycles. The van der Waals surface area contributed by atoms with Crippen molar-refractivity contribution in [1.82, 2.24) is 9.80 Å². The van der Waals surface area contributed by atoms with Gasteiger partial charge in [0.15, 0.2) is 5.76 Å². The van der Waals surface area contributed by atoms with Crippen LogP contribution in [-0.2, 0) is 4.79 Å². The zero-order chi connectivity index (χ0) is 14.3. The summed E-state index contributed by atoms with van der Waals surface area (Å²) in [5.41, 5.74) is 0. The van der Waals surface area contributed by atoms with E-state index in [0.29, 0.717) is 6.54 Å². The molecule has 0 aromatic carbocycles. The molecule has 0 spiro atoms. The third-order valence-electron chi connectivity index (χ3n) is 2.97. The molecule has 0 radical (unpaired) electrons. The number of carbonyl (C=O) groups is 2. The second-order valence-electron chi connectivity index (χ2n) is 4.47. The number of furan rings is 1. The van der Waals surface area contributed by atoms with Gasteiger partial charge in [0.25, 0.3) is 5.91 Å². The maximum Gasteiger partial charge on any atom is 0.289 e. The summed E-state index contributed by atoms with van der Waals surface area (Å²) < 4.78 is 5.03. The molecule has 0 bridgehead atoms.